The van der Waals surface area contributed by atoms with Crippen LogP contribution in [-0.4, -0.2) is 18.0 Å². The van der Waals surface area contributed by atoms with E-state index in [4.69, 9.17) is 23.2 Å². The zero-order chi connectivity index (χ0) is 14.6. The van der Waals surface area contributed by atoms with Crippen molar-refractivity contribution >= 4 is 29.1 Å². The molecule has 2 atom stereocenters. The minimum Gasteiger partial charge on any atom is -0.353 e. The number of hydrogen-bond donors (Lipinski definition) is 2. The fraction of sp³-hybridized carbons (Fsp3) is 0.500. The van der Waals surface area contributed by atoms with Gasteiger partial charge in [0, 0.05) is 22.1 Å². The minimum absolute atomic E-state index is 0.0214. The van der Waals surface area contributed by atoms with E-state index in [1.807, 2.05) is 33.8 Å². The molecule has 1 aromatic rings. The van der Waals surface area contributed by atoms with Crippen LogP contribution in [0.3, 0.4) is 0 Å². The molecule has 0 aliphatic heterocycles. The monoisotopic (exact) mass is 302 g/mol. The number of hydrogen-bond acceptors (Lipinski definition) is 2. The highest BCUT2D eigenvalue weighted by Gasteiger charge is 2.18. The van der Waals surface area contributed by atoms with Crippen LogP contribution in [0.4, 0.5) is 0 Å². The Balaban J connectivity index is 2.68. The van der Waals surface area contributed by atoms with Crippen molar-refractivity contribution in [2.75, 3.05) is 0 Å². The summed E-state index contributed by atoms with van der Waals surface area (Å²) >= 11 is 12.0. The zero-order valence-corrected chi connectivity index (χ0v) is 13.1. The van der Waals surface area contributed by atoms with Gasteiger partial charge < -0.3 is 5.32 Å². The van der Waals surface area contributed by atoms with Gasteiger partial charge in [-0.3, -0.25) is 10.1 Å². The summed E-state index contributed by atoms with van der Waals surface area (Å²) in [5, 5.41) is 7.29. The first-order chi connectivity index (χ1) is 8.81. The predicted molar refractivity (Wildman–Crippen MR) is 80.8 cm³/mol. The normalized spacial score (nSPS) is 14.3. The van der Waals surface area contributed by atoms with Crippen molar-refractivity contribution < 1.29 is 4.79 Å². The molecule has 1 aromatic carbocycles. The van der Waals surface area contributed by atoms with Gasteiger partial charge in [-0.05, 0) is 45.4 Å². The van der Waals surface area contributed by atoms with Crippen LogP contribution in [-0.2, 0) is 4.79 Å². The van der Waals surface area contributed by atoms with Gasteiger partial charge in [-0.2, -0.15) is 0 Å². The smallest absolute Gasteiger partial charge is 0.237 e. The molecule has 106 valence electrons. The Bertz CT molecular complexity index is 449. The number of carbonyl (C=O) groups is 1. The first-order valence-corrected chi connectivity index (χ1v) is 7.08. The average molecular weight is 303 g/mol. The Morgan fingerprint density at radius 3 is 2.32 bits per heavy atom. The third-order valence-electron chi connectivity index (χ3n) is 2.75. The Labute approximate surface area is 124 Å². The second-order valence-corrected chi connectivity index (χ2v) is 5.78. The molecule has 0 aliphatic rings. The van der Waals surface area contributed by atoms with E-state index in [-0.39, 0.29) is 24.0 Å². The number of nitrogens with one attached hydrogen (secondary N) is 2. The van der Waals surface area contributed by atoms with Crippen LogP contribution in [0.2, 0.25) is 10.0 Å². The predicted octanol–water partition coefficient (Wildman–Crippen LogP) is 3.56. The molecular formula is C14H20Cl2N2O. The van der Waals surface area contributed by atoms with E-state index < -0.39 is 0 Å². The van der Waals surface area contributed by atoms with Crippen molar-refractivity contribution in [3.05, 3.63) is 33.8 Å². The zero-order valence-electron chi connectivity index (χ0n) is 11.6. The highest BCUT2D eigenvalue weighted by Crippen LogP contribution is 2.26. The van der Waals surface area contributed by atoms with Crippen molar-refractivity contribution in [2.24, 2.45) is 0 Å². The Morgan fingerprint density at radius 2 is 1.79 bits per heavy atom. The van der Waals surface area contributed by atoms with Gasteiger partial charge >= 0.3 is 0 Å². The second-order valence-electron chi connectivity index (χ2n) is 4.94. The maximum Gasteiger partial charge on any atom is 0.237 e. The van der Waals surface area contributed by atoms with Crippen molar-refractivity contribution in [3.63, 3.8) is 0 Å². The Kier molecular flexibility index (Phi) is 6.11. The molecule has 0 radical (unpaired) electrons. The summed E-state index contributed by atoms with van der Waals surface area (Å²) in [6.07, 6.45) is 0. The standard InChI is InChI=1S/C14H20Cl2N2O/c1-8(2)17-14(19)10(4)18-9(3)12-6-5-11(15)7-13(12)16/h5-10,18H,1-4H3,(H,17,19)/t9-,10+/m1/s1. The van der Waals surface area contributed by atoms with E-state index in [9.17, 15) is 4.79 Å². The van der Waals surface area contributed by atoms with Gasteiger partial charge in [-0.15, -0.1) is 0 Å². The van der Waals surface area contributed by atoms with Gasteiger partial charge in [0.25, 0.3) is 0 Å². The summed E-state index contributed by atoms with van der Waals surface area (Å²) in [4.78, 5) is 11.8. The molecule has 0 saturated heterocycles. The quantitative estimate of drug-likeness (QED) is 0.873. The first kappa shape index (κ1) is 16.3. The maximum atomic E-state index is 11.8. The fourth-order valence-electron chi connectivity index (χ4n) is 1.80. The van der Waals surface area contributed by atoms with Crippen LogP contribution in [0.15, 0.2) is 18.2 Å². The van der Waals surface area contributed by atoms with Crippen LogP contribution >= 0.6 is 23.2 Å². The van der Waals surface area contributed by atoms with Crippen LogP contribution in [0.25, 0.3) is 0 Å². The summed E-state index contributed by atoms with van der Waals surface area (Å²) in [7, 11) is 0. The minimum atomic E-state index is -0.288. The lowest BCUT2D eigenvalue weighted by Crippen LogP contribution is -2.45. The molecule has 0 fully saturated rings. The highest BCUT2D eigenvalue weighted by molar-refractivity contribution is 6.35. The highest BCUT2D eigenvalue weighted by atomic mass is 35.5. The van der Waals surface area contributed by atoms with E-state index in [1.54, 1.807) is 12.1 Å². The summed E-state index contributed by atoms with van der Waals surface area (Å²) in [6, 6.07) is 5.18. The molecule has 1 amide bonds. The molecule has 0 saturated carbocycles. The number of amides is 1. The largest absolute Gasteiger partial charge is 0.353 e. The van der Waals surface area contributed by atoms with Crippen molar-refractivity contribution in [1.29, 1.82) is 0 Å². The molecule has 5 heteroatoms. The summed E-state index contributed by atoms with van der Waals surface area (Å²) in [5.74, 6) is -0.0214. The molecule has 0 bridgehead atoms. The lowest BCUT2D eigenvalue weighted by Gasteiger charge is -2.21. The van der Waals surface area contributed by atoms with E-state index in [0.29, 0.717) is 10.0 Å². The number of carbonyl (C=O) groups excluding carboxylic acids is 1. The second kappa shape index (κ2) is 7.13. The lowest BCUT2D eigenvalue weighted by atomic mass is 10.1. The van der Waals surface area contributed by atoms with E-state index in [0.717, 1.165) is 5.56 Å². The Hall–Kier alpha value is -0.770. The summed E-state index contributed by atoms with van der Waals surface area (Å²) in [5.41, 5.74) is 0.926. The molecule has 0 spiro atoms. The van der Waals surface area contributed by atoms with E-state index in [1.165, 1.54) is 0 Å². The van der Waals surface area contributed by atoms with Crippen molar-refractivity contribution in [1.82, 2.24) is 10.6 Å². The number of benzene rings is 1. The summed E-state index contributed by atoms with van der Waals surface area (Å²) in [6.45, 7) is 7.67. The van der Waals surface area contributed by atoms with Gasteiger partial charge in [0.05, 0.1) is 6.04 Å². The molecule has 0 heterocycles. The summed E-state index contributed by atoms with van der Waals surface area (Å²) < 4.78 is 0. The van der Waals surface area contributed by atoms with Gasteiger partial charge in [0.1, 0.15) is 0 Å². The van der Waals surface area contributed by atoms with Gasteiger partial charge in [0.2, 0.25) is 5.91 Å². The first-order valence-electron chi connectivity index (χ1n) is 6.32. The molecule has 19 heavy (non-hydrogen) atoms. The third kappa shape index (κ3) is 5.01. The van der Waals surface area contributed by atoms with Crippen molar-refractivity contribution in [2.45, 2.75) is 45.8 Å². The van der Waals surface area contributed by atoms with Crippen LogP contribution < -0.4 is 10.6 Å². The molecule has 0 unspecified atom stereocenters. The maximum absolute atomic E-state index is 11.8. The number of rotatable bonds is 5. The van der Waals surface area contributed by atoms with Gasteiger partial charge in [-0.25, -0.2) is 0 Å². The van der Waals surface area contributed by atoms with E-state index >= 15 is 0 Å². The SMILES string of the molecule is CC(C)NC(=O)[C@H](C)N[C@H](C)c1ccc(Cl)cc1Cl. The van der Waals surface area contributed by atoms with Crippen molar-refractivity contribution in [3.8, 4) is 0 Å². The lowest BCUT2D eigenvalue weighted by molar-refractivity contribution is -0.123. The number of halogens is 2. The topological polar surface area (TPSA) is 41.1 Å². The fourth-order valence-corrected chi connectivity index (χ4v) is 2.37. The van der Waals surface area contributed by atoms with Crippen LogP contribution in [0.1, 0.15) is 39.3 Å². The molecule has 3 nitrogen and oxygen atoms in total. The van der Waals surface area contributed by atoms with Gasteiger partial charge in [0.15, 0.2) is 0 Å². The third-order valence-corrected chi connectivity index (χ3v) is 3.32. The Morgan fingerprint density at radius 1 is 1.16 bits per heavy atom. The molecular weight excluding hydrogens is 283 g/mol. The average Bonchev–Trinajstić information content (AvgIpc) is 2.27. The molecule has 0 aromatic heterocycles. The molecule has 1 rings (SSSR count). The molecule has 0 aliphatic carbocycles. The van der Waals surface area contributed by atoms with Crippen LogP contribution in [0.5, 0.6) is 0 Å². The van der Waals surface area contributed by atoms with Gasteiger partial charge in [-0.1, -0.05) is 29.3 Å². The van der Waals surface area contributed by atoms with Crippen LogP contribution in [0, 0.1) is 0 Å². The van der Waals surface area contributed by atoms with E-state index in [2.05, 4.69) is 10.6 Å². The molecule has 2 N–H and O–H groups in total.